The Morgan fingerprint density at radius 3 is 2.65 bits per heavy atom. The third-order valence-corrected chi connectivity index (χ3v) is 4.38. The van der Waals surface area contributed by atoms with Gasteiger partial charge < -0.3 is 19.5 Å². The summed E-state index contributed by atoms with van der Waals surface area (Å²) < 4.78 is 16.6. The van der Waals surface area contributed by atoms with Crippen molar-refractivity contribution in [2.75, 3.05) is 25.1 Å². The van der Waals surface area contributed by atoms with Crippen LogP contribution in [-0.2, 0) is 9.53 Å². The van der Waals surface area contributed by atoms with Gasteiger partial charge in [-0.3, -0.25) is 4.79 Å². The van der Waals surface area contributed by atoms with Gasteiger partial charge in [-0.1, -0.05) is 23.2 Å². The molecule has 1 heterocycles. The topological polar surface area (TPSA) is 56.8 Å². The average molecular weight is 396 g/mol. The summed E-state index contributed by atoms with van der Waals surface area (Å²) in [6.07, 6.45) is 2.29. The van der Waals surface area contributed by atoms with E-state index in [1.54, 1.807) is 30.3 Å². The summed E-state index contributed by atoms with van der Waals surface area (Å²) in [5.74, 6) is 0.857. The minimum atomic E-state index is -0.288. The van der Waals surface area contributed by atoms with Crippen molar-refractivity contribution in [3.63, 3.8) is 0 Å². The highest BCUT2D eigenvalue weighted by atomic mass is 35.5. The summed E-state index contributed by atoms with van der Waals surface area (Å²) >= 11 is 11.8. The van der Waals surface area contributed by atoms with E-state index in [0.717, 1.165) is 25.2 Å². The van der Waals surface area contributed by atoms with Crippen LogP contribution in [0.15, 0.2) is 42.5 Å². The summed E-state index contributed by atoms with van der Waals surface area (Å²) in [5.41, 5.74) is 0.658. The fraction of sp³-hybridized carbons (Fsp3) is 0.316. The second kappa shape index (κ2) is 9.12. The number of rotatable bonds is 7. The van der Waals surface area contributed by atoms with E-state index >= 15 is 0 Å². The number of benzene rings is 2. The Morgan fingerprint density at radius 1 is 1.15 bits per heavy atom. The molecule has 0 aliphatic carbocycles. The second-order valence-electron chi connectivity index (χ2n) is 5.88. The van der Waals surface area contributed by atoms with Crippen LogP contribution in [0.2, 0.25) is 10.0 Å². The SMILES string of the molecule is O=C(COc1ccc(Cl)cc1Cl)Nc1ccc(OCC2CCCO2)cc1. The van der Waals surface area contributed by atoms with Crippen molar-refractivity contribution in [3.05, 3.63) is 52.5 Å². The smallest absolute Gasteiger partial charge is 0.262 e. The molecule has 1 amide bonds. The minimum absolute atomic E-state index is 0.154. The molecule has 0 radical (unpaired) electrons. The highest BCUT2D eigenvalue weighted by molar-refractivity contribution is 6.35. The first-order chi connectivity index (χ1) is 12.6. The highest BCUT2D eigenvalue weighted by Crippen LogP contribution is 2.27. The van der Waals surface area contributed by atoms with E-state index in [0.29, 0.717) is 28.1 Å². The van der Waals surface area contributed by atoms with E-state index in [1.165, 1.54) is 0 Å². The van der Waals surface area contributed by atoms with Crippen LogP contribution in [-0.4, -0.2) is 31.8 Å². The van der Waals surface area contributed by atoms with Gasteiger partial charge in [0.25, 0.3) is 5.91 Å². The lowest BCUT2D eigenvalue weighted by molar-refractivity contribution is -0.118. The Hall–Kier alpha value is -1.95. The zero-order chi connectivity index (χ0) is 18.4. The van der Waals surface area contributed by atoms with Crippen molar-refractivity contribution in [1.29, 1.82) is 0 Å². The fourth-order valence-electron chi connectivity index (χ4n) is 2.53. The predicted octanol–water partition coefficient (Wildman–Crippen LogP) is 4.57. The standard InChI is InChI=1S/C19H19Cl2NO4/c20-13-3-8-18(17(21)10-13)26-12-19(23)22-14-4-6-15(7-5-14)25-11-16-2-1-9-24-16/h3-8,10,16H,1-2,9,11-12H2,(H,22,23). The molecule has 1 atom stereocenters. The number of hydrogen-bond donors (Lipinski definition) is 1. The van der Waals surface area contributed by atoms with Crippen LogP contribution in [0.1, 0.15) is 12.8 Å². The quantitative estimate of drug-likeness (QED) is 0.745. The van der Waals surface area contributed by atoms with Crippen molar-refractivity contribution in [2.24, 2.45) is 0 Å². The van der Waals surface area contributed by atoms with E-state index in [2.05, 4.69) is 5.32 Å². The molecular weight excluding hydrogens is 377 g/mol. The third-order valence-electron chi connectivity index (χ3n) is 3.85. The molecule has 2 aromatic rings. The Morgan fingerprint density at radius 2 is 1.96 bits per heavy atom. The second-order valence-corrected chi connectivity index (χ2v) is 6.73. The molecule has 1 aliphatic rings. The molecule has 1 N–H and O–H groups in total. The molecule has 0 saturated carbocycles. The van der Waals surface area contributed by atoms with Gasteiger partial charge >= 0.3 is 0 Å². The van der Waals surface area contributed by atoms with E-state index in [1.807, 2.05) is 12.1 Å². The maximum Gasteiger partial charge on any atom is 0.262 e. The molecule has 26 heavy (non-hydrogen) atoms. The van der Waals surface area contributed by atoms with Crippen molar-refractivity contribution in [3.8, 4) is 11.5 Å². The van der Waals surface area contributed by atoms with E-state index in [4.69, 9.17) is 37.4 Å². The molecule has 7 heteroatoms. The Balaban J connectivity index is 1.44. The summed E-state index contributed by atoms with van der Waals surface area (Å²) in [5, 5.41) is 3.62. The van der Waals surface area contributed by atoms with Gasteiger partial charge in [0.2, 0.25) is 0 Å². The Labute approximate surface area is 162 Å². The number of ether oxygens (including phenoxy) is 3. The van der Waals surface area contributed by atoms with Crippen LogP contribution in [0, 0.1) is 0 Å². The van der Waals surface area contributed by atoms with Crippen LogP contribution in [0.4, 0.5) is 5.69 Å². The van der Waals surface area contributed by atoms with Gasteiger partial charge in [-0.05, 0) is 55.3 Å². The first-order valence-electron chi connectivity index (χ1n) is 8.32. The van der Waals surface area contributed by atoms with E-state index < -0.39 is 0 Å². The van der Waals surface area contributed by atoms with Crippen LogP contribution in [0.25, 0.3) is 0 Å². The van der Waals surface area contributed by atoms with Crippen molar-refractivity contribution in [2.45, 2.75) is 18.9 Å². The largest absolute Gasteiger partial charge is 0.491 e. The molecule has 0 aromatic heterocycles. The van der Waals surface area contributed by atoms with Crippen molar-refractivity contribution >= 4 is 34.8 Å². The number of amides is 1. The zero-order valence-corrected chi connectivity index (χ0v) is 15.6. The van der Waals surface area contributed by atoms with Gasteiger partial charge in [-0.25, -0.2) is 0 Å². The first-order valence-corrected chi connectivity index (χ1v) is 9.08. The predicted molar refractivity (Wildman–Crippen MR) is 101 cm³/mol. The number of nitrogens with one attached hydrogen (secondary N) is 1. The van der Waals surface area contributed by atoms with Crippen LogP contribution < -0.4 is 14.8 Å². The Kier molecular flexibility index (Phi) is 6.61. The van der Waals surface area contributed by atoms with Crippen molar-refractivity contribution in [1.82, 2.24) is 0 Å². The lowest BCUT2D eigenvalue weighted by Crippen LogP contribution is -2.20. The molecule has 0 spiro atoms. The van der Waals surface area contributed by atoms with Gasteiger partial charge in [0.05, 0.1) is 11.1 Å². The fourth-order valence-corrected chi connectivity index (χ4v) is 3.00. The lowest BCUT2D eigenvalue weighted by Gasteiger charge is -2.12. The minimum Gasteiger partial charge on any atom is -0.491 e. The van der Waals surface area contributed by atoms with Crippen LogP contribution >= 0.6 is 23.2 Å². The molecule has 1 saturated heterocycles. The molecule has 5 nitrogen and oxygen atoms in total. The number of carbonyl (C=O) groups is 1. The summed E-state index contributed by atoms with van der Waals surface area (Å²) in [7, 11) is 0. The normalized spacial score (nSPS) is 16.3. The molecule has 2 aromatic carbocycles. The summed E-state index contributed by atoms with van der Waals surface area (Å²) in [6, 6.07) is 12.0. The monoisotopic (exact) mass is 395 g/mol. The molecule has 1 fully saturated rings. The Bertz CT molecular complexity index is 746. The number of hydrogen-bond acceptors (Lipinski definition) is 4. The summed E-state index contributed by atoms with van der Waals surface area (Å²) in [4.78, 5) is 12.0. The first kappa shape index (κ1) is 18.8. The maximum atomic E-state index is 12.0. The van der Waals surface area contributed by atoms with E-state index in [9.17, 15) is 4.79 Å². The molecular formula is C19H19Cl2NO4. The van der Waals surface area contributed by atoms with Crippen molar-refractivity contribution < 1.29 is 19.0 Å². The number of halogens is 2. The van der Waals surface area contributed by atoms with Gasteiger partial charge in [0, 0.05) is 17.3 Å². The molecule has 1 unspecified atom stereocenters. The van der Waals surface area contributed by atoms with Gasteiger partial charge in [0.15, 0.2) is 6.61 Å². The summed E-state index contributed by atoms with van der Waals surface area (Å²) in [6.45, 7) is 1.20. The van der Waals surface area contributed by atoms with Gasteiger partial charge in [-0.2, -0.15) is 0 Å². The molecule has 0 bridgehead atoms. The third kappa shape index (κ3) is 5.53. The van der Waals surface area contributed by atoms with Gasteiger partial charge in [0.1, 0.15) is 18.1 Å². The van der Waals surface area contributed by atoms with Crippen LogP contribution in [0.5, 0.6) is 11.5 Å². The van der Waals surface area contributed by atoms with Crippen LogP contribution in [0.3, 0.4) is 0 Å². The number of carbonyl (C=O) groups excluding carboxylic acids is 1. The molecule has 3 rings (SSSR count). The average Bonchev–Trinajstić information content (AvgIpc) is 3.14. The molecule has 1 aliphatic heterocycles. The number of anilines is 1. The zero-order valence-electron chi connectivity index (χ0n) is 14.0. The molecule has 138 valence electrons. The van der Waals surface area contributed by atoms with E-state index in [-0.39, 0.29) is 18.6 Å². The highest BCUT2D eigenvalue weighted by Gasteiger charge is 2.16. The van der Waals surface area contributed by atoms with Gasteiger partial charge in [-0.15, -0.1) is 0 Å². The lowest BCUT2D eigenvalue weighted by atomic mass is 10.2. The maximum absolute atomic E-state index is 12.0.